The van der Waals surface area contributed by atoms with E-state index >= 15 is 0 Å². The van der Waals surface area contributed by atoms with Gasteiger partial charge >= 0.3 is 24.0 Å². The van der Waals surface area contributed by atoms with Crippen molar-refractivity contribution in [3.05, 3.63) is 112 Å². The number of nitrogens with one attached hydrogen (secondary N) is 1. The van der Waals surface area contributed by atoms with E-state index in [9.17, 15) is 33.9 Å². The average Bonchev–Trinajstić information content (AvgIpc) is 3.93. The van der Waals surface area contributed by atoms with Crippen molar-refractivity contribution in [3.63, 3.8) is 0 Å². The fraction of sp³-hybridized carbons (Fsp3) is 0.481. The van der Waals surface area contributed by atoms with Crippen molar-refractivity contribution >= 4 is 47.0 Å². The number of aliphatic carboxylic acids is 1. The monoisotopic (exact) mass is 921 g/mol. The molecule has 0 radical (unpaired) electrons. The highest BCUT2D eigenvalue weighted by Gasteiger charge is 2.39. The summed E-state index contributed by atoms with van der Waals surface area (Å²) in [7, 11) is 0. The van der Waals surface area contributed by atoms with E-state index in [1.165, 1.54) is 11.8 Å². The minimum Gasteiger partial charge on any atom is -0.481 e. The van der Waals surface area contributed by atoms with E-state index in [1.807, 2.05) is 82.3 Å². The lowest BCUT2D eigenvalue weighted by molar-refractivity contribution is -0.163. The predicted octanol–water partition coefficient (Wildman–Crippen LogP) is 9.58. The Balaban J connectivity index is 1.11. The lowest BCUT2D eigenvalue weighted by atomic mass is 9.84. The van der Waals surface area contributed by atoms with Gasteiger partial charge in [-0.15, -0.1) is 11.3 Å². The molecule has 2 aliphatic rings. The third kappa shape index (κ3) is 12.5. The molecule has 1 aromatic heterocycles. The Morgan fingerprint density at radius 3 is 2.14 bits per heavy atom. The van der Waals surface area contributed by atoms with Gasteiger partial charge in [-0.2, -0.15) is 0 Å². The number of fused-ring (bicyclic) bond motifs is 3. The lowest BCUT2D eigenvalue weighted by Crippen LogP contribution is -2.49. The van der Waals surface area contributed by atoms with Crippen molar-refractivity contribution in [2.75, 3.05) is 13.2 Å². The van der Waals surface area contributed by atoms with Gasteiger partial charge in [0.05, 0.1) is 17.9 Å². The Labute approximate surface area is 391 Å². The van der Waals surface area contributed by atoms with Crippen molar-refractivity contribution in [1.82, 2.24) is 15.2 Å². The number of ether oxygens (including phenoxy) is 3. The molecule has 1 aliphatic carbocycles. The van der Waals surface area contributed by atoms with Crippen LogP contribution in [-0.2, 0) is 39.8 Å². The largest absolute Gasteiger partial charge is 0.481 e. The number of likely N-dealkylation sites (tertiary alicyclic amines) is 1. The summed E-state index contributed by atoms with van der Waals surface area (Å²) in [5.41, 5.74) is 5.46. The van der Waals surface area contributed by atoms with Crippen LogP contribution in [0.25, 0.3) is 11.1 Å². The molecular weight excluding hydrogens is 859 g/mol. The van der Waals surface area contributed by atoms with Crippen LogP contribution >= 0.6 is 11.3 Å². The Bertz CT molecular complexity index is 2290. The van der Waals surface area contributed by atoms with Crippen LogP contribution in [0.1, 0.15) is 131 Å². The molecule has 7 atom stereocenters. The second kappa shape index (κ2) is 23.0. The molecule has 2 heterocycles. The van der Waals surface area contributed by atoms with Gasteiger partial charge in [-0.25, -0.2) is 9.78 Å². The van der Waals surface area contributed by atoms with E-state index in [0.29, 0.717) is 30.8 Å². The number of carboxylic acids is 1. The zero-order valence-corrected chi connectivity index (χ0v) is 39.6. The Morgan fingerprint density at radius 2 is 1.52 bits per heavy atom. The zero-order chi connectivity index (χ0) is 47.5. The van der Waals surface area contributed by atoms with Gasteiger partial charge in [0.15, 0.2) is 11.9 Å². The summed E-state index contributed by atoms with van der Waals surface area (Å²) < 4.78 is 18.0. The molecule has 6 rings (SSSR count). The number of Topliss-reactive ketones (excluding diaryl/α,β-unsaturated/α-hetero) is 1. The second-order valence-electron chi connectivity index (χ2n) is 18.1. The van der Waals surface area contributed by atoms with Gasteiger partial charge in [0.2, 0.25) is 0 Å². The number of amides is 2. The first kappa shape index (κ1) is 49.5. The number of hydrogen-bond donors (Lipinski definition) is 2. The van der Waals surface area contributed by atoms with Crippen molar-refractivity contribution in [1.29, 1.82) is 0 Å². The van der Waals surface area contributed by atoms with Crippen molar-refractivity contribution in [3.8, 4) is 11.1 Å². The topological polar surface area (TPSA) is 178 Å². The van der Waals surface area contributed by atoms with E-state index < -0.39 is 66.0 Å². The van der Waals surface area contributed by atoms with Gasteiger partial charge in [0.1, 0.15) is 23.4 Å². The van der Waals surface area contributed by atoms with E-state index in [1.54, 1.807) is 12.3 Å². The van der Waals surface area contributed by atoms with Crippen LogP contribution in [0.2, 0.25) is 0 Å². The minimum atomic E-state index is -0.966. The normalized spacial score (nSPS) is 17.3. The molecule has 1 saturated heterocycles. The SMILES string of the molecule is CC[C@@H](C)[C@@H](CC(=O)[C@@H]1CCCCN1C(=O)OCC1c2ccccc2-c2ccccc21)C(=O)O[C@H](C[C@@H](OC(C)=O)c1nc(C(=O)N[C@@H](Cc2ccccc2)C[C@H](C)C(=O)O)cs1)C(C)C. The molecule has 0 unspecified atom stereocenters. The third-order valence-corrected chi connectivity index (χ3v) is 14.0. The van der Waals surface area contributed by atoms with Crippen LogP contribution in [0.5, 0.6) is 0 Å². The molecule has 0 bridgehead atoms. The first-order chi connectivity index (χ1) is 31.6. The Kier molecular flexibility index (Phi) is 17.3. The molecule has 3 aromatic carbocycles. The van der Waals surface area contributed by atoms with Crippen LogP contribution in [-0.4, -0.2) is 82.0 Å². The first-order valence-corrected chi connectivity index (χ1v) is 24.1. The van der Waals surface area contributed by atoms with Crippen LogP contribution in [0.4, 0.5) is 4.79 Å². The highest BCUT2D eigenvalue weighted by molar-refractivity contribution is 7.09. The molecule has 0 saturated carbocycles. The quantitative estimate of drug-likeness (QED) is 0.0601. The van der Waals surface area contributed by atoms with Gasteiger partial charge in [-0.3, -0.25) is 28.9 Å². The number of nitrogens with zero attached hydrogens (tertiary/aromatic N) is 2. The highest BCUT2D eigenvalue weighted by atomic mass is 32.1. The molecule has 4 aromatic rings. The van der Waals surface area contributed by atoms with Crippen molar-refractivity contribution in [2.24, 2.45) is 23.7 Å². The number of carboxylic acid groups (broad SMARTS) is 1. The average molecular weight is 922 g/mol. The number of thiazole rings is 1. The molecule has 66 heavy (non-hydrogen) atoms. The molecule has 14 heteroatoms. The van der Waals surface area contributed by atoms with Crippen molar-refractivity contribution in [2.45, 2.75) is 123 Å². The maximum absolute atomic E-state index is 14.3. The summed E-state index contributed by atoms with van der Waals surface area (Å²) in [5, 5.41) is 14.4. The fourth-order valence-corrected chi connectivity index (χ4v) is 9.88. The van der Waals surface area contributed by atoms with Gasteiger partial charge in [0, 0.05) is 43.6 Å². The molecule has 2 N–H and O–H groups in total. The Morgan fingerprint density at radius 1 is 0.864 bits per heavy atom. The van der Waals surface area contributed by atoms with E-state index in [4.69, 9.17) is 14.2 Å². The fourth-order valence-electron chi connectivity index (χ4n) is 9.04. The summed E-state index contributed by atoms with van der Waals surface area (Å²) >= 11 is 1.13. The molecule has 352 valence electrons. The lowest BCUT2D eigenvalue weighted by Gasteiger charge is -2.35. The van der Waals surface area contributed by atoms with Gasteiger partial charge in [-0.1, -0.05) is 120 Å². The number of carbonyl (C=O) groups is 6. The number of benzene rings is 3. The predicted molar refractivity (Wildman–Crippen MR) is 251 cm³/mol. The number of hydrogen-bond acceptors (Lipinski definition) is 11. The number of ketones is 1. The van der Waals surface area contributed by atoms with Crippen LogP contribution in [0.15, 0.2) is 84.2 Å². The smallest absolute Gasteiger partial charge is 0.410 e. The Hall–Kier alpha value is -5.89. The number of aromatic nitrogens is 1. The minimum absolute atomic E-state index is 0.0453. The molecular formula is C52H63N3O10S. The first-order valence-electron chi connectivity index (χ1n) is 23.2. The van der Waals surface area contributed by atoms with Crippen LogP contribution in [0.3, 0.4) is 0 Å². The van der Waals surface area contributed by atoms with Crippen LogP contribution in [0, 0.1) is 23.7 Å². The summed E-state index contributed by atoms with van der Waals surface area (Å²) in [4.78, 5) is 86.2. The summed E-state index contributed by atoms with van der Waals surface area (Å²) in [6.07, 6.45) is 0.830. The molecule has 1 fully saturated rings. The molecule has 2 amide bonds. The van der Waals surface area contributed by atoms with Crippen LogP contribution < -0.4 is 5.32 Å². The third-order valence-electron chi connectivity index (χ3n) is 13.0. The standard InChI is InChI=1S/C52H63N3O10S/c1-7-32(4)41(27-45(57)44-23-15-16-24-55(44)52(62)63-29-42-39-21-13-11-19-37(39)38-20-12-14-22-40(38)42)51(61)65-46(31(2)3)28-47(64-34(6)56)49-54-43(30-66-49)48(58)53-36(25-33(5)50(59)60)26-35-17-9-8-10-18-35/h8-14,17-22,30-33,36,41-42,44,46-47H,7,15-16,23-29H2,1-6H3,(H,53,58)(H,59,60)/t32-,33+,36-,41-,44+,46-,47-/m1/s1. The number of piperidine rings is 1. The molecule has 0 spiro atoms. The van der Waals surface area contributed by atoms with E-state index in [-0.39, 0.29) is 55.1 Å². The van der Waals surface area contributed by atoms with E-state index in [2.05, 4.69) is 34.6 Å². The van der Waals surface area contributed by atoms with Gasteiger partial charge < -0.3 is 24.6 Å². The second-order valence-corrected chi connectivity index (χ2v) is 19.0. The maximum atomic E-state index is 14.3. The van der Waals surface area contributed by atoms with Crippen molar-refractivity contribution < 1.29 is 48.1 Å². The maximum Gasteiger partial charge on any atom is 0.410 e. The molecule has 13 nitrogen and oxygen atoms in total. The zero-order valence-electron chi connectivity index (χ0n) is 38.8. The number of rotatable bonds is 21. The molecule has 1 aliphatic heterocycles. The summed E-state index contributed by atoms with van der Waals surface area (Å²) in [5.74, 6) is -4.92. The van der Waals surface area contributed by atoms with E-state index in [0.717, 1.165) is 52.0 Å². The number of carbonyl (C=O) groups excluding carboxylic acids is 5. The van der Waals surface area contributed by atoms with Gasteiger partial charge in [-0.05, 0) is 71.8 Å². The van der Waals surface area contributed by atoms with Gasteiger partial charge in [0.25, 0.3) is 5.91 Å². The number of esters is 2. The summed E-state index contributed by atoms with van der Waals surface area (Å²) in [6, 6.07) is 24.5. The summed E-state index contributed by atoms with van der Waals surface area (Å²) in [6.45, 7) is 11.0. The highest BCUT2D eigenvalue weighted by Crippen LogP contribution is 2.44.